The number of carboxylic acid groups (broad SMARTS) is 1. The molecule has 1 aliphatic heterocycles. The largest absolute Gasteiger partial charge is 0.483 e. The second kappa shape index (κ2) is 4.81. The standard InChI is InChI=1S/C17H16O4/c1-17(2)10-12-4-3-5-14(15(12)21-17)20-13-8-6-11(7-9-13)16(18)19/h3-9H,10H2,1-2H3,(H,18,19). The number of carbonyl (C=O) groups is 1. The Kier molecular flexibility index (Phi) is 3.09. The number of para-hydroxylation sites is 1. The Labute approximate surface area is 122 Å². The molecule has 0 radical (unpaired) electrons. The molecule has 0 bridgehead atoms. The Morgan fingerprint density at radius 2 is 1.90 bits per heavy atom. The van der Waals surface area contributed by atoms with Crippen molar-refractivity contribution in [1.29, 1.82) is 0 Å². The van der Waals surface area contributed by atoms with E-state index in [1.165, 1.54) is 12.1 Å². The molecule has 0 aliphatic carbocycles. The highest BCUT2D eigenvalue weighted by Gasteiger charge is 2.32. The lowest BCUT2D eigenvalue weighted by Crippen LogP contribution is -2.24. The van der Waals surface area contributed by atoms with Gasteiger partial charge in [-0.1, -0.05) is 12.1 Å². The van der Waals surface area contributed by atoms with E-state index >= 15 is 0 Å². The summed E-state index contributed by atoms with van der Waals surface area (Å²) in [6.45, 7) is 4.08. The fourth-order valence-electron chi connectivity index (χ4n) is 2.46. The molecule has 1 heterocycles. The number of ether oxygens (including phenoxy) is 2. The van der Waals surface area contributed by atoms with E-state index in [1.807, 2.05) is 32.0 Å². The van der Waals surface area contributed by atoms with E-state index in [2.05, 4.69) is 0 Å². The van der Waals surface area contributed by atoms with Gasteiger partial charge in [0.05, 0.1) is 5.56 Å². The highest BCUT2D eigenvalue weighted by atomic mass is 16.5. The molecule has 3 rings (SSSR count). The van der Waals surface area contributed by atoms with Gasteiger partial charge in [-0.05, 0) is 44.2 Å². The minimum Gasteiger partial charge on any atom is -0.483 e. The molecule has 21 heavy (non-hydrogen) atoms. The summed E-state index contributed by atoms with van der Waals surface area (Å²) in [4.78, 5) is 10.8. The van der Waals surface area contributed by atoms with Gasteiger partial charge in [0.1, 0.15) is 11.4 Å². The molecule has 108 valence electrons. The number of fused-ring (bicyclic) bond motifs is 1. The number of hydrogen-bond acceptors (Lipinski definition) is 3. The fraction of sp³-hybridized carbons (Fsp3) is 0.235. The van der Waals surface area contributed by atoms with Crippen molar-refractivity contribution in [3.8, 4) is 17.2 Å². The molecule has 1 N–H and O–H groups in total. The quantitative estimate of drug-likeness (QED) is 0.929. The van der Waals surface area contributed by atoms with Crippen molar-refractivity contribution in [3.63, 3.8) is 0 Å². The van der Waals surface area contributed by atoms with Gasteiger partial charge in [-0.25, -0.2) is 4.79 Å². The predicted octanol–water partition coefficient (Wildman–Crippen LogP) is 3.89. The topological polar surface area (TPSA) is 55.8 Å². The fourth-order valence-corrected chi connectivity index (χ4v) is 2.46. The molecule has 0 amide bonds. The molecule has 1 aliphatic rings. The van der Waals surface area contributed by atoms with Gasteiger partial charge in [0, 0.05) is 12.0 Å². The first kappa shape index (κ1) is 13.5. The Hall–Kier alpha value is -2.49. The van der Waals surface area contributed by atoms with E-state index in [1.54, 1.807) is 12.1 Å². The van der Waals surface area contributed by atoms with Crippen molar-refractivity contribution >= 4 is 5.97 Å². The van der Waals surface area contributed by atoms with Crippen LogP contribution in [0.5, 0.6) is 17.2 Å². The van der Waals surface area contributed by atoms with Gasteiger partial charge in [-0.2, -0.15) is 0 Å². The number of hydrogen-bond donors (Lipinski definition) is 1. The molecule has 0 saturated carbocycles. The van der Waals surface area contributed by atoms with Gasteiger partial charge in [-0.3, -0.25) is 0 Å². The van der Waals surface area contributed by atoms with Crippen molar-refractivity contribution in [2.45, 2.75) is 25.9 Å². The van der Waals surface area contributed by atoms with E-state index in [9.17, 15) is 4.79 Å². The Morgan fingerprint density at radius 1 is 1.19 bits per heavy atom. The van der Waals surface area contributed by atoms with Gasteiger partial charge in [0.15, 0.2) is 11.5 Å². The summed E-state index contributed by atoms with van der Waals surface area (Å²) >= 11 is 0. The molecule has 4 nitrogen and oxygen atoms in total. The number of benzene rings is 2. The number of carboxylic acids is 1. The van der Waals surface area contributed by atoms with E-state index < -0.39 is 5.97 Å². The molecule has 4 heteroatoms. The second-order valence-electron chi connectivity index (χ2n) is 5.71. The summed E-state index contributed by atoms with van der Waals surface area (Å²) in [5, 5.41) is 8.89. The van der Waals surface area contributed by atoms with Crippen molar-refractivity contribution in [3.05, 3.63) is 53.6 Å². The van der Waals surface area contributed by atoms with Crippen LogP contribution in [0.1, 0.15) is 29.8 Å². The highest BCUT2D eigenvalue weighted by molar-refractivity contribution is 5.87. The summed E-state index contributed by atoms with van der Waals surface area (Å²) in [6.07, 6.45) is 0.845. The lowest BCUT2D eigenvalue weighted by atomic mass is 10.0. The van der Waals surface area contributed by atoms with Gasteiger partial charge >= 0.3 is 5.97 Å². The van der Waals surface area contributed by atoms with E-state index in [0.29, 0.717) is 11.5 Å². The minimum atomic E-state index is -0.952. The molecule has 2 aromatic carbocycles. The molecule has 0 aromatic heterocycles. The maximum Gasteiger partial charge on any atom is 0.335 e. The highest BCUT2D eigenvalue weighted by Crippen LogP contribution is 2.43. The molecule has 0 saturated heterocycles. The summed E-state index contributed by atoms with van der Waals surface area (Å²) in [5.74, 6) is 1.06. The summed E-state index contributed by atoms with van der Waals surface area (Å²) in [5.41, 5.74) is 1.13. The van der Waals surface area contributed by atoms with Crippen LogP contribution in [0.2, 0.25) is 0 Å². The van der Waals surface area contributed by atoms with Crippen LogP contribution in [0.25, 0.3) is 0 Å². The summed E-state index contributed by atoms with van der Waals surface area (Å²) in [6, 6.07) is 12.1. The minimum absolute atomic E-state index is 0.227. The lowest BCUT2D eigenvalue weighted by molar-refractivity contribution is 0.0697. The van der Waals surface area contributed by atoms with E-state index in [-0.39, 0.29) is 11.2 Å². The van der Waals surface area contributed by atoms with Crippen molar-refractivity contribution in [2.75, 3.05) is 0 Å². The molecule has 2 aromatic rings. The summed E-state index contributed by atoms with van der Waals surface area (Å²) < 4.78 is 11.8. The first-order valence-electron chi connectivity index (χ1n) is 6.77. The normalized spacial score (nSPS) is 15.1. The van der Waals surface area contributed by atoms with Crippen LogP contribution in [-0.4, -0.2) is 16.7 Å². The van der Waals surface area contributed by atoms with Crippen LogP contribution in [0.15, 0.2) is 42.5 Å². The number of rotatable bonds is 3. The average Bonchev–Trinajstić information content (AvgIpc) is 2.74. The van der Waals surface area contributed by atoms with Gasteiger partial charge < -0.3 is 14.6 Å². The zero-order chi connectivity index (χ0) is 15.0. The van der Waals surface area contributed by atoms with Gasteiger partial charge in [-0.15, -0.1) is 0 Å². The molecule has 0 atom stereocenters. The molecular formula is C17H16O4. The van der Waals surface area contributed by atoms with E-state index in [0.717, 1.165) is 17.7 Å². The molecule has 0 spiro atoms. The zero-order valence-electron chi connectivity index (χ0n) is 11.9. The Balaban J connectivity index is 1.87. The third kappa shape index (κ3) is 2.70. The van der Waals surface area contributed by atoms with Crippen molar-refractivity contribution in [2.24, 2.45) is 0 Å². The molecule has 0 unspecified atom stereocenters. The Morgan fingerprint density at radius 3 is 2.57 bits per heavy atom. The monoisotopic (exact) mass is 284 g/mol. The van der Waals surface area contributed by atoms with Crippen LogP contribution in [0.4, 0.5) is 0 Å². The molecular weight excluding hydrogens is 268 g/mol. The maximum atomic E-state index is 10.8. The van der Waals surface area contributed by atoms with Gasteiger partial charge in [0.2, 0.25) is 0 Å². The van der Waals surface area contributed by atoms with Gasteiger partial charge in [0.25, 0.3) is 0 Å². The Bertz CT molecular complexity index is 686. The SMILES string of the molecule is CC1(C)Cc2cccc(Oc3ccc(C(=O)O)cc3)c2O1. The van der Waals surface area contributed by atoms with Crippen molar-refractivity contribution in [1.82, 2.24) is 0 Å². The number of aromatic carboxylic acids is 1. The third-order valence-corrected chi connectivity index (χ3v) is 3.38. The average molecular weight is 284 g/mol. The predicted molar refractivity (Wildman–Crippen MR) is 78.3 cm³/mol. The van der Waals surface area contributed by atoms with Crippen LogP contribution in [0.3, 0.4) is 0 Å². The van der Waals surface area contributed by atoms with Crippen molar-refractivity contribution < 1.29 is 19.4 Å². The second-order valence-corrected chi connectivity index (χ2v) is 5.71. The van der Waals surface area contributed by atoms with Crippen LogP contribution in [0, 0.1) is 0 Å². The lowest BCUT2D eigenvalue weighted by Gasteiger charge is -2.18. The maximum absolute atomic E-state index is 10.8. The summed E-state index contributed by atoms with van der Waals surface area (Å²) in [7, 11) is 0. The zero-order valence-corrected chi connectivity index (χ0v) is 11.9. The molecule has 0 fully saturated rings. The third-order valence-electron chi connectivity index (χ3n) is 3.38. The van der Waals surface area contributed by atoms with Crippen LogP contribution >= 0.6 is 0 Å². The van der Waals surface area contributed by atoms with Crippen LogP contribution in [-0.2, 0) is 6.42 Å². The van der Waals surface area contributed by atoms with Crippen LogP contribution < -0.4 is 9.47 Å². The first-order valence-corrected chi connectivity index (χ1v) is 6.77. The first-order chi connectivity index (χ1) is 9.94. The van der Waals surface area contributed by atoms with E-state index in [4.69, 9.17) is 14.6 Å². The smallest absolute Gasteiger partial charge is 0.335 e.